The first-order valence-electron chi connectivity index (χ1n) is 7.69. The van der Waals surface area contributed by atoms with Crippen LogP contribution in [0.25, 0.3) is 6.08 Å². The largest absolute Gasteiger partial charge is 0.497 e. The van der Waals surface area contributed by atoms with E-state index in [1.807, 2.05) is 30.3 Å². The molecule has 0 radical (unpaired) electrons. The Morgan fingerprint density at radius 1 is 0.870 bits per heavy atom. The van der Waals surface area contributed by atoms with Gasteiger partial charge in [-0.05, 0) is 23.3 Å². The molecule has 1 atom stereocenters. The molecular formula is C20H24O3. The second kappa shape index (κ2) is 9.13. The molecule has 0 unspecified atom stereocenters. The van der Waals surface area contributed by atoms with Gasteiger partial charge in [0.25, 0.3) is 0 Å². The zero-order chi connectivity index (χ0) is 16.5. The summed E-state index contributed by atoms with van der Waals surface area (Å²) >= 11 is 0. The predicted molar refractivity (Wildman–Crippen MR) is 93.6 cm³/mol. The van der Waals surface area contributed by atoms with Crippen molar-refractivity contribution in [2.75, 3.05) is 21.3 Å². The van der Waals surface area contributed by atoms with E-state index in [4.69, 9.17) is 14.2 Å². The molecule has 0 saturated heterocycles. The molecule has 3 nitrogen and oxygen atoms in total. The fourth-order valence-corrected chi connectivity index (χ4v) is 2.46. The van der Waals surface area contributed by atoms with Crippen molar-refractivity contribution < 1.29 is 14.2 Å². The second-order valence-electron chi connectivity index (χ2n) is 5.29. The molecule has 0 heterocycles. The first-order valence-corrected chi connectivity index (χ1v) is 7.69. The Bertz CT molecular complexity index is 586. The number of rotatable bonds is 8. The van der Waals surface area contributed by atoms with Crippen molar-refractivity contribution in [2.24, 2.45) is 0 Å². The zero-order valence-electron chi connectivity index (χ0n) is 13.9. The second-order valence-corrected chi connectivity index (χ2v) is 5.29. The molecule has 0 bridgehead atoms. The van der Waals surface area contributed by atoms with Crippen molar-refractivity contribution in [2.45, 2.75) is 18.6 Å². The lowest BCUT2D eigenvalue weighted by atomic mass is 9.94. The fraction of sp³-hybridized carbons (Fsp3) is 0.300. The van der Waals surface area contributed by atoms with Gasteiger partial charge in [0.2, 0.25) is 0 Å². The molecule has 2 aromatic rings. The van der Waals surface area contributed by atoms with Crippen LogP contribution < -0.4 is 4.74 Å². The standard InChI is InChI=1S/C20H24O3/c1-21-19-13-10-16(11-14-19)9-12-18(15-20(22-2)23-3)17-7-5-4-6-8-17/h4-14,18,20H,15H2,1-3H3/b12-9+/t18-/m0/s1. The van der Waals surface area contributed by atoms with Crippen LogP contribution in [0, 0.1) is 0 Å². The highest BCUT2D eigenvalue weighted by Gasteiger charge is 2.15. The molecule has 23 heavy (non-hydrogen) atoms. The molecule has 0 N–H and O–H groups in total. The molecule has 0 amide bonds. The lowest BCUT2D eigenvalue weighted by Crippen LogP contribution is -2.16. The summed E-state index contributed by atoms with van der Waals surface area (Å²) in [5.74, 6) is 1.09. The van der Waals surface area contributed by atoms with E-state index < -0.39 is 0 Å². The first kappa shape index (κ1) is 17.3. The van der Waals surface area contributed by atoms with Crippen LogP contribution in [0.2, 0.25) is 0 Å². The minimum absolute atomic E-state index is 0.222. The van der Waals surface area contributed by atoms with Gasteiger partial charge in [0.15, 0.2) is 6.29 Å². The van der Waals surface area contributed by atoms with Crippen molar-refractivity contribution in [1.82, 2.24) is 0 Å². The third-order valence-electron chi connectivity index (χ3n) is 3.84. The van der Waals surface area contributed by atoms with Crippen molar-refractivity contribution >= 4 is 6.08 Å². The van der Waals surface area contributed by atoms with Crippen LogP contribution in [0.3, 0.4) is 0 Å². The summed E-state index contributed by atoms with van der Waals surface area (Å²) in [6.07, 6.45) is 4.87. The van der Waals surface area contributed by atoms with Gasteiger partial charge in [0.1, 0.15) is 5.75 Å². The van der Waals surface area contributed by atoms with Crippen LogP contribution in [0.1, 0.15) is 23.5 Å². The summed E-state index contributed by atoms with van der Waals surface area (Å²) in [6.45, 7) is 0. The Morgan fingerprint density at radius 2 is 1.52 bits per heavy atom. The average molecular weight is 312 g/mol. The third-order valence-corrected chi connectivity index (χ3v) is 3.84. The molecule has 122 valence electrons. The Morgan fingerprint density at radius 3 is 2.09 bits per heavy atom. The van der Waals surface area contributed by atoms with Crippen LogP contribution in [-0.2, 0) is 9.47 Å². The van der Waals surface area contributed by atoms with Crippen LogP contribution in [0.5, 0.6) is 5.75 Å². The van der Waals surface area contributed by atoms with Gasteiger partial charge in [-0.3, -0.25) is 0 Å². The number of allylic oxidation sites excluding steroid dienone is 1. The Balaban J connectivity index is 2.17. The average Bonchev–Trinajstić information content (AvgIpc) is 2.63. The van der Waals surface area contributed by atoms with E-state index >= 15 is 0 Å². The summed E-state index contributed by atoms with van der Waals surface area (Å²) in [4.78, 5) is 0. The van der Waals surface area contributed by atoms with Crippen molar-refractivity contribution in [3.63, 3.8) is 0 Å². The summed E-state index contributed by atoms with van der Waals surface area (Å²) in [7, 11) is 5.01. The summed E-state index contributed by atoms with van der Waals surface area (Å²) < 4.78 is 15.9. The van der Waals surface area contributed by atoms with Gasteiger partial charge < -0.3 is 14.2 Å². The summed E-state index contributed by atoms with van der Waals surface area (Å²) in [6, 6.07) is 18.4. The molecule has 0 spiro atoms. The van der Waals surface area contributed by atoms with Gasteiger partial charge in [-0.15, -0.1) is 0 Å². The lowest BCUT2D eigenvalue weighted by Gasteiger charge is -2.19. The molecule has 3 heteroatoms. The number of ether oxygens (including phenoxy) is 3. The van der Waals surface area contributed by atoms with Gasteiger partial charge in [-0.1, -0.05) is 54.6 Å². The van der Waals surface area contributed by atoms with Gasteiger partial charge in [-0.2, -0.15) is 0 Å². The fourth-order valence-electron chi connectivity index (χ4n) is 2.46. The molecular weight excluding hydrogens is 288 g/mol. The molecule has 0 fully saturated rings. The third kappa shape index (κ3) is 5.23. The van der Waals surface area contributed by atoms with Gasteiger partial charge in [0, 0.05) is 26.6 Å². The van der Waals surface area contributed by atoms with Crippen molar-refractivity contribution in [3.05, 3.63) is 71.8 Å². The van der Waals surface area contributed by atoms with Gasteiger partial charge in [-0.25, -0.2) is 0 Å². The molecule has 0 saturated carbocycles. The number of hydrogen-bond donors (Lipinski definition) is 0. The zero-order valence-corrected chi connectivity index (χ0v) is 13.9. The Labute approximate surface area is 138 Å². The highest BCUT2D eigenvalue weighted by atomic mass is 16.7. The number of hydrogen-bond acceptors (Lipinski definition) is 3. The maximum atomic E-state index is 5.36. The van der Waals surface area contributed by atoms with Crippen LogP contribution in [-0.4, -0.2) is 27.6 Å². The van der Waals surface area contributed by atoms with Crippen LogP contribution in [0.4, 0.5) is 0 Å². The van der Waals surface area contributed by atoms with E-state index in [-0.39, 0.29) is 12.2 Å². The van der Waals surface area contributed by atoms with Crippen molar-refractivity contribution in [1.29, 1.82) is 0 Å². The summed E-state index contributed by atoms with van der Waals surface area (Å²) in [5.41, 5.74) is 2.38. The lowest BCUT2D eigenvalue weighted by molar-refractivity contribution is -0.107. The monoisotopic (exact) mass is 312 g/mol. The number of methoxy groups -OCH3 is 3. The van der Waals surface area contributed by atoms with E-state index in [1.165, 1.54) is 5.56 Å². The van der Waals surface area contributed by atoms with E-state index in [0.717, 1.165) is 17.7 Å². The molecule has 0 aliphatic heterocycles. The predicted octanol–water partition coefficient (Wildman–Crippen LogP) is 4.50. The molecule has 2 rings (SSSR count). The summed E-state index contributed by atoms with van der Waals surface area (Å²) in [5, 5.41) is 0. The van der Waals surface area contributed by atoms with E-state index in [9.17, 15) is 0 Å². The normalized spacial score (nSPS) is 12.7. The first-order chi connectivity index (χ1) is 11.3. The quantitative estimate of drug-likeness (QED) is 0.672. The van der Waals surface area contributed by atoms with Gasteiger partial charge >= 0.3 is 0 Å². The highest BCUT2D eigenvalue weighted by Crippen LogP contribution is 2.25. The molecule has 0 aliphatic carbocycles. The van der Waals surface area contributed by atoms with Gasteiger partial charge in [0.05, 0.1) is 7.11 Å². The topological polar surface area (TPSA) is 27.7 Å². The van der Waals surface area contributed by atoms with Crippen molar-refractivity contribution in [3.8, 4) is 5.75 Å². The number of benzene rings is 2. The maximum absolute atomic E-state index is 5.36. The maximum Gasteiger partial charge on any atom is 0.157 e. The van der Waals surface area contributed by atoms with E-state index in [0.29, 0.717) is 0 Å². The molecule has 0 aliphatic rings. The Kier molecular flexibility index (Phi) is 6.85. The van der Waals surface area contributed by atoms with Crippen LogP contribution >= 0.6 is 0 Å². The van der Waals surface area contributed by atoms with E-state index in [2.05, 4.69) is 36.4 Å². The minimum Gasteiger partial charge on any atom is -0.497 e. The Hall–Kier alpha value is -2.10. The van der Waals surface area contributed by atoms with E-state index in [1.54, 1.807) is 21.3 Å². The minimum atomic E-state index is -0.222. The SMILES string of the molecule is COc1ccc(/C=C/[C@@H](CC(OC)OC)c2ccccc2)cc1. The van der Waals surface area contributed by atoms with Crippen LogP contribution in [0.15, 0.2) is 60.7 Å². The highest BCUT2D eigenvalue weighted by molar-refractivity contribution is 5.52. The molecule has 2 aromatic carbocycles. The smallest absolute Gasteiger partial charge is 0.157 e. The molecule has 0 aromatic heterocycles.